The van der Waals surface area contributed by atoms with E-state index in [1.54, 1.807) is 62.8 Å². The third-order valence-corrected chi connectivity index (χ3v) is 6.04. The summed E-state index contributed by atoms with van der Waals surface area (Å²) in [5.41, 5.74) is 1.49. The Labute approximate surface area is 209 Å². The van der Waals surface area contributed by atoms with Crippen LogP contribution >= 0.6 is 19.8 Å². The van der Waals surface area contributed by atoms with Crippen LogP contribution in [0.2, 0.25) is 5.02 Å². The maximum Gasteiger partial charge on any atom is 0.721 e. The van der Waals surface area contributed by atoms with E-state index < -0.39 is 8.17 Å². The summed E-state index contributed by atoms with van der Waals surface area (Å²) in [7, 11) is 1.80. The van der Waals surface area contributed by atoms with Gasteiger partial charge in [-0.1, -0.05) is 35.9 Å². The summed E-state index contributed by atoms with van der Waals surface area (Å²) in [4.78, 5) is 13.0. The molecule has 3 aromatic rings. The molecule has 1 radical (unpaired) electrons. The number of nitrogens with two attached hydrogens (primary N) is 1. The molecule has 0 spiro atoms. The van der Waals surface area contributed by atoms with Crippen molar-refractivity contribution in [3.8, 4) is 34.5 Å². The van der Waals surface area contributed by atoms with Crippen LogP contribution in [0.25, 0.3) is 12.2 Å². The summed E-state index contributed by atoms with van der Waals surface area (Å²) in [6, 6.07) is 14.9. The maximum atomic E-state index is 13.0. The number of benzene rings is 3. The first kappa shape index (κ1) is 26.4. The van der Waals surface area contributed by atoms with E-state index in [1.807, 2.05) is 6.08 Å². The molecule has 0 aliphatic carbocycles. The van der Waals surface area contributed by atoms with E-state index in [9.17, 15) is 4.89 Å². The van der Waals surface area contributed by atoms with Crippen LogP contribution in [0.1, 0.15) is 11.1 Å². The Morgan fingerprint density at radius 1 is 0.743 bits per heavy atom. The van der Waals surface area contributed by atoms with Crippen LogP contribution in [0.4, 0.5) is 0 Å². The van der Waals surface area contributed by atoms with Crippen molar-refractivity contribution in [3.05, 3.63) is 70.7 Å². The van der Waals surface area contributed by atoms with E-state index in [2.05, 4.69) is 4.62 Å². The lowest BCUT2D eigenvalue weighted by Crippen LogP contribution is -2.14. The van der Waals surface area contributed by atoms with Crippen molar-refractivity contribution < 1.29 is 37.5 Å². The first-order valence-electron chi connectivity index (χ1n) is 10.1. The number of ether oxygens (including phenoxy) is 4. The Morgan fingerprint density at radius 3 is 1.94 bits per heavy atom. The highest BCUT2D eigenvalue weighted by atomic mass is 35.5. The van der Waals surface area contributed by atoms with E-state index in [0.717, 1.165) is 5.56 Å². The van der Waals surface area contributed by atoms with Gasteiger partial charge in [-0.3, -0.25) is 4.52 Å². The molecular formula is C24H25ClNO8P+. The van der Waals surface area contributed by atoms with Gasteiger partial charge in [0.05, 0.1) is 33.3 Å². The van der Waals surface area contributed by atoms with Crippen LogP contribution in [0.15, 0.2) is 54.6 Å². The molecule has 3 aromatic carbocycles. The van der Waals surface area contributed by atoms with Gasteiger partial charge in [0.15, 0.2) is 23.0 Å². The molecule has 35 heavy (non-hydrogen) atoms. The Bertz CT molecular complexity index is 1170. The van der Waals surface area contributed by atoms with Gasteiger partial charge in [-0.15, -0.1) is 0 Å². The highest BCUT2D eigenvalue weighted by molar-refractivity contribution is 7.55. The van der Waals surface area contributed by atoms with Gasteiger partial charge < -0.3 is 18.9 Å². The minimum atomic E-state index is -4.26. The predicted molar refractivity (Wildman–Crippen MR) is 134 cm³/mol. The van der Waals surface area contributed by atoms with Gasteiger partial charge in [0.25, 0.3) is 0 Å². The van der Waals surface area contributed by atoms with Crippen LogP contribution in [-0.2, 0) is 9.52 Å². The summed E-state index contributed by atoms with van der Waals surface area (Å²) in [5, 5.41) is 0.377. The molecule has 0 saturated heterocycles. The van der Waals surface area contributed by atoms with Gasteiger partial charge >= 0.3 is 8.17 Å². The quantitative estimate of drug-likeness (QED) is 0.186. The van der Waals surface area contributed by atoms with Gasteiger partial charge in [-0.25, -0.2) is 4.52 Å². The summed E-state index contributed by atoms with van der Waals surface area (Å²) < 4.78 is 36.9. The summed E-state index contributed by atoms with van der Waals surface area (Å²) in [6.07, 6.45) is 3.64. The van der Waals surface area contributed by atoms with Gasteiger partial charge in [-0.05, 0) is 52.1 Å². The molecule has 0 aromatic heterocycles. The van der Waals surface area contributed by atoms with E-state index >= 15 is 0 Å². The molecule has 1 unspecified atom stereocenters. The third kappa shape index (κ3) is 6.69. The predicted octanol–water partition coefficient (Wildman–Crippen LogP) is 6.00. The molecule has 9 nitrogen and oxygen atoms in total. The maximum absolute atomic E-state index is 13.0. The zero-order chi connectivity index (χ0) is 25.4. The fraction of sp³-hybridized carbons (Fsp3) is 0.167. The number of halogens is 1. The van der Waals surface area contributed by atoms with Crippen molar-refractivity contribution in [2.45, 2.75) is 0 Å². The van der Waals surface area contributed by atoms with Crippen LogP contribution in [0, 0.1) is 0 Å². The summed E-state index contributed by atoms with van der Waals surface area (Å²) in [6.45, 7) is 0. The van der Waals surface area contributed by atoms with Crippen LogP contribution < -0.4 is 33.9 Å². The lowest BCUT2D eigenvalue weighted by molar-refractivity contribution is 0.149. The molecule has 0 heterocycles. The number of hydrogen-bond donors (Lipinski definition) is 1. The van der Waals surface area contributed by atoms with Crippen LogP contribution in [0.5, 0.6) is 34.5 Å². The minimum Gasteiger partial charge on any atom is -0.493 e. The molecule has 1 atom stereocenters. The Balaban J connectivity index is 1.89. The van der Waals surface area contributed by atoms with E-state index in [4.69, 9.17) is 45.5 Å². The van der Waals surface area contributed by atoms with Gasteiger partial charge in [0.2, 0.25) is 11.5 Å². The Morgan fingerprint density at radius 2 is 1.37 bits per heavy atom. The van der Waals surface area contributed by atoms with Crippen molar-refractivity contribution >= 4 is 31.9 Å². The smallest absolute Gasteiger partial charge is 0.493 e. The molecule has 0 saturated carbocycles. The number of rotatable bonds is 11. The SMILES string of the molecule is COc1ccc(/C=C\c2cc(OC)c(OC)c(OC)c2)cc1O[P+]([O])(ON)Oc1cccc(Cl)c1. The zero-order valence-electron chi connectivity index (χ0n) is 19.5. The molecule has 0 aliphatic rings. The Kier molecular flexibility index (Phi) is 9.03. The molecular weight excluding hydrogens is 497 g/mol. The molecule has 0 amide bonds. The average molecular weight is 522 g/mol. The lowest BCUT2D eigenvalue weighted by atomic mass is 10.1. The molecule has 0 fully saturated rings. The molecule has 3 rings (SSSR count). The standard InChI is InChI=1S/C24H25ClNO8P/c1-28-20-11-10-16(8-9-17-13-22(29-2)24(31-4)23(14-17)30-3)12-21(20)33-35(27,34-26)32-19-7-5-6-18(25)15-19/h5-15H,26H2,1-4H3/q+1/b9-8-. The highest BCUT2D eigenvalue weighted by Gasteiger charge is 2.52. The monoisotopic (exact) mass is 521 g/mol. The Hall–Kier alpha value is -3.20. The number of methoxy groups -OCH3 is 4. The largest absolute Gasteiger partial charge is 0.721 e. The molecule has 185 valence electrons. The van der Waals surface area contributed by atoms with Crippen molar-refractivity contribution in [1.82, 2.24) is 0 Å². The minimum absolute atomic E-state index is 0.0929. The second-order valence-electron chi connectivity index (χ2n) is 6.89. The third-order valence-electron chi connectivity index (χ3n) is 4.70. The summed E-state index contributed by atoms with van der Waals surface area (Å²) >= 11 is 5.95. The lowest BCUT2D eigenvalue weighted by Gasteiger charge is -2.14. The first-order valence-corrected chi connectivity index (χ1v) is 12.0. The first-order chi connectivity index (χ1) is 16.8. The molecule has 11 heteroatoms. The summed E-state index contributed by atoms with van der Waals surface area (Å²) in [5.74, 6) is 7.32. The fourth-order valence-corrected chi connectivity index (χ4v) is 4.15. The van der Waals surface area contributed by atoms with Crippen molar-refractivity contribution in [2.75, 3.05) is 28.4 Å². The van der Waals surface area contributed by atoms with Gasteiger partial charge in [0, 0.05) is 11.1 Å². The van der Waals surface area contributed by atoms with Crippen LogP contribution in [-0.4, -0.2) is 28.4 Å². The fourth-order valence-electron chi connectivity index (χ4n) is 3.09. The van der Waals surface area contributed by atoms with Crippen molar-refractivity contribution in [1.29, 1.82) is 0 Å². The second-order valence-corrected chi connectivity index (χ2v) is 8.80. The topological polar surface area (TPSA) is 111 Å². The highest BCUT2D eigenvalue weighted by Crippen LogP contribution is 2.58. The second kappa shape index (κ2) is 12.0. The van der Waals surface area contributed by atoms with Crippen molar-refractivity contribution in [2.24, 2.45) is 5.90 Å². The van der Waals surface area contributed by atoms with Crippen molar-refractivity contribution in [3.63, 3.8) is 0 Å². The molecule has 2 N–H and O–H groups in total. The van der Waals surface area contributed by atoms with E-state index in [0.29, 0.717) is 33.6 Å². The molecule has 0 bridgehead atoms. The van der Waals surface area contributed by atoms with E-state index in [1.165, 1.54) is 26.4 Å². The number of hydrogen-bond acceptors (Lipinski definition) is 8. The average Bonchev–Trinajstić information content (AvgIpc) is 2.86. The van der Waals surface area contributed by atoms with E-state index in [-0.39, 0.29) is 11.5 Å². The van der Waals surface area contributed by atoms with Gasteiger partial charge in [-0.2, -0.15) is 5.90 Å². The zero-order valence-corrected chi connectivity index (χ0v) is 21.2. The van der Waals surface area contributed by atoms with Gasteiger partial charge in [0.1, 0.15) is 0 Å². The van der Waals surface area contributed by atoms with Crippen LogP contribution in [0.3, 0.4) is 0 Å². The normalized spacial score (nSPS) is 12.7. The molecule has 0 aliphatic heterocycles.